The summed E-state index contributed by atoms with van der Waals surface area (Å²) in [7, 11) is 1.78. The molecule has 6 aromatic rings. The Hall–Kier alpha value is -5.53. The van der Waals surface area contributed by atoms with Crippen molar-refractivity contribution in [3.05, 3.63) is 113 Å². The molecule has 3 aliphatic heterocycles. The maximum Gasteiger partial charge on any atom is 0.416 e. The van der Waals surface area contributed by atoms with E-state index in [4.69, 9.17) is 4.74 Å². The number of fused-ring (bicyclic) bond motifs is 4. The second kappa shape index (κ2) is 14.4. The SMILES string of the molecule is CNc1ccc(C(=O)N2CCc3cc(-c4nc5ccccc5[nH]4)sc3-c3ccc(C(F)(F)F)cc32)cc1.O=Cc1cccnc1N1CC2(CCOCC2)C1. The van der Waals surface area contributed by atoms with Gasteiger partial charge in [0.15, 0.2) is 6.29 Å². The Bertz CT molecular complexity index is 2290. The average molecular weight is 751 g/mol. The van der Waals surface area contributed by atoms with Crippen LogP contribution in [0, 0.1) is 5.41 Å². The number of nitrogens with zero attached hydrogens (tertiary/aromatic N) is 4. The van der Waals surface area contributed by atoms with E-state index in [-0.39, 0.29) is 18.1 Å². The highest BCUT2D eigenvalue weighted by molar-refractivity contribution is 7.19. The summed E-state index contributed by atoms with van der Waals surface area (Å²) in [5, 5.41) is 3.00. The number of benzene rings is 3. The fourth-order valence-corrected chi connectivity index (χ4v) is 8.64. The summed E-state index contributed by atoms with van der Waals surface area (Å²) in [6.45, 7) is 4.01. The first-order valence-corrected chi connectivity index (χ1v) is 18.6. The van der Waals surface area contributed by atoms with Gasteiger partial charge in [0.25, 0.3) is 5.91 Å². The Morgan fingerprint density at radius 2 is 1.78 bits per heavy atom. The summed E-state index contributed by atoms with van der Waals surface area (Å²) in [6.07, 6.45) is 0.874. The number of pyridine rings is 1. The maximum absolute atomic E-state index is 13.7. The third-order valence-electron chi connectivity index (χ3n) is 10.4. The minimum Gasteiger partial charge on any atom is -0.388 e. The topological polar surface area (TPSA) is 103 Å². The molecular formula is C41H37F3N6O3S. The number of halogens is 3. The monoisotopic (exact) mass is 750 g/mol. The van der Waals surface area contributed by atoms with Gasteiger partial charge in [-0.25, -0.2) is 9.97 Å². The molecule has 9 nitrogen and oxygen atoms in total. The Labute approximate surface area is 313 Å². The number of carbonyl (C=O) groups excluding carboxylic acids is 2. The van der Waals surface area contributed by atoms with E-state index in [1.807, 2.05) is 36.4 Å². The average Bonchev–Trinajstić information content (AvgIpc) is 3.78. The van der Waals surface area contributed by atoms with Gasteiger partial charge in [-0.15, -0.1) is 11.3 Å². The molecule has 3 aromatic heterocycles. The first-order chi connectivity index (χ1) is 26.1. The van der Waals surface area contributed by atoms with Crippen molar-refractivity contribution in [1.82, 2.24) is 15.0 Å². The van der Waals surface area contributed by atoms with Crippen molar-refractivity contribution in [1.29, 1.82) is 0 Å². The predicted octanol–water partition coefficient (Wildman–Crippen LogP) is 8.73. The van der Waals surface area contributed by atoms with E-state index in [9.17, 15) is 22.8 Å². The minimum atomic E-state index is -4.53. The van der Waals surface area contributed by atoms with Crippen molar-refractivity contribution in [2.75, 3.05) is 55.0 Å². The smallest absolute Gasteiger partial charge is 0.388 e. The number of aromatic nitrogens is 3. The van der Waals surface area contributed by atoms with Gasteiger partial charge in [-0.1, -0.05) is 18.2 Å². The molecule has 0 aliphatic carbocycles. The molecule has 2 saturated heterocycles. The van der Waals surface area contributed by atoms with Crippen LogP contribution < -0.4 is 15.1 Å². The highest BCUT2D eigenvalue weighted by Crippen LogP contribution is 2.46. The van der Waals surface area contributed by atoms with Crippen LogP contribution >= 0.6 is 11.3 Å². The molecule has 1 spiro atoms. The molecule has 9 rings (SSSR count). The van der Waals surface area contributed by atoms with E-state index in [0.717, 1.165) is 95.4 Å². The van der Waals surface area contributed by atoms with Crippen molar-refractivity contribution in [2.24, 2.45) is 5.41 Å². The van der Waals surface area contributed by atoms with E-state index in [0.29, 0.717) is 34.4 Å². The van der Waals surface area contributed by atoms with Crippen LogP contribution in [0.5, 0.6) is 0 Å². The number of carbonyl (C=O) groups is 2. The van der Waals surface area contributed by atoms with Crippen LogP contribution in [0.4, 0.5) is 30.4 Å². The first kappa shape index (κ1) is 35.5. The number of amides is 1. The third kappa shape index (κ3) is 6.85. The molecule has 0 radical (unpaired) electrons. The fourth-order valence-electron chi connectivity index (χ4n) is 7.45. The summed E-state index contributed by atoms with van der Waals surface area (Å²) in [5.41, 5.74) is 5.17. The van der Waals surface area contributed by atoms with E-state index in [2.05, 4.69) is 25.2 Å². The van der Waals surface area contributed by atoms with Gasteiger partial charge in [-0.3, -0.25) is 9.59 Å². The maximum atomic E-state index is 13.7. The minimum absolute atomic E-state index is 0.254. The molecule has 3 aromatic carbocycles. The van der Waals surface area contributed by atoms with Crippen LogP contribution in [0.1, 0.15) is 44.7 Å². The quantitative estimate of drug-likeness (QED) is 0.170. The van der Waals surface area contributed by atoms with Crippen LogP contribution in [0.15, 0.2) is 91.1 Å². The number of imidazole rings is 1. The number of anilines is 3. The van der Waals surface area contributed by atoms with E-state index >= 15 is 0 Å². The second-order valence-corrected chi connectivity index (χ2v) is 14.9. The molecule has 3 aliphatic rings. The number of H-pyrrole nitrogens is 1. The number of aromatic amines is 1. The number of thiophene rings is 1. The van der Waals surface area contributed by atoms with Crippen molar-refractivity contribution < 1.29 is 27.5 Å². The third-order valence-corrected chi connectivity index (χ3v) is 11.6. The number of hydrogen-bond acceptors (Lipinski definition) is 8. The van der Waals surface area contributed by atoms with Crippen LogP contribution in [0.2, 0.25) is 0 Å². The normalized spacial score (nSPS) is 16.1. The fraction of sp³-hybridized carbons (Fsp3) is 0.268. The number of aldehydes is 1. The standard InChI is InChI=1S/C28H21F3N4OS.C13H16N2O2/c1-32-19-9-6-16(7-10-19)27(36)35-13-12-17-14-24(26-33-21-4-2-3-5-22(21)34-26)37-25(17)20-11-8-18(15-23(20)35)28(29,30)31;16-8-11-2-1-5-14-12(11)15-9-13(10-15)3-6-17-7-4-13/h2-11,14-15,32H,12-13H2,1H3,(H,33,34);1-2,5,8H,3-4,6-7,9-10H2. The van der Waals surface area contributed by atoms with E-state index < -0.39 is 11.7 Å². The summed E-state index contributed by atoms with van der Waals surface area (Å²) in [4.78, 5) is 42.2. The number of nitrogens with one attached hydrogen (secondary N) is 2. The van der Waals surface area contributed by atoms with Crippen LogP contribution in [0.25, 0.3) is 32.2 Å². The lowest BCUT2D eigenvalue weighted by molar-refractivity contribution is -0.137. The van der Waals surface area contributed by atoms with Gasteiger partial charge in [-0.05, 0) is 91.6 Å². The summed E-state index contributed by atoms with van der Waals surface area (Å²) < 4.78 is 46.5. The van der Waals surface area contributed by atoms with Gasteiger partial charge in [0.05, 0.1) is 32.7 Å². The van der Waals surface area contributed by atoms with Gasteiger partial charge < -0.3 is 24.8 Å². The summed E-state index contributed by atoms with van der Waals surface area (Å²) in [6, 6.07) is 23.9. The van der Waals surface area contributed by atoms with Crippen molar-refractivity contribution in [3.8, 4) is 21.1 Å². The zero-order valence-electron chi connectivity index (χ0n) is 29.5. The van der Waals surface area contributed by atoms with Gasteiger partial charge in [-0.2, -0.15) is 13.2 Å². The second-order valence-electron chi connectivity index (χ2n) is 13.8. The number of hydrogen-bond donors (Lipinski definition) is 2. The molecule has 0 atom stereocenters. The van der Waals surface area contributed by atoms with Gasteiger partial charge in [0.2, 0.25) is 0 Å². The van der Waals surface area contributed by atoms with E-state index in [1.165, 1.54) is 22.3 Å². The Kier molecular flexibility index (Phi) is 9.44. The molecule has 13 heteroatoms. The lowest BCUT2D eigenvalue weighted by Crippen LogP contribution is -2.59. The Morgan fingerprint density at radius 3 is 2.50 bits per heavy atom. The van der Waals surface area contributed by atoms with Crippen molar-refractivity contribution in [3.63, 3.8) is 0 Å². The number of para-hydroxylation sites is 2. The van der Waals surface area contributed by atoms with Gasteiger partial charge in [0, 0.05) is 73.2 Å². The number of ether oxygens (including phenoxy) is 1. The summed E-state index contributed by atoms with van der Waals surface area (Å²) >= 11 is 1.47. The number of rotatable bonds is 5. The molecule has 2 N–H and O–H groups in total. The molecule has 276 valence electrons. The molecule has 0 bridgehead atoms. The lowest BCUT2D eigenvalue weighted by atomic mass is 9.73. The largest absolute Gasteiger partial charge is 0.416 e. The molecule has 6 heterocycles. The highest BCUT2D eigenvalue weighted by Gasteiger charge is 2.44. The first-order valence-electron chi connectivity index (χ1n) is 17.8. The van der Waals surface area contributed by atoms with Crippen LogP contribution in [-0.2, 0) is 17.3 Å². The van der Waals surface area contributed by atoms with Crippen molar-refractivity contribution in [2.45, 2.75) is 25.4 Å². The molecule has 0 unspecified atom stereocenters. The number of alkyl halides is 3. The highest BCUT2D eigenvalue weighted by atomic mass is 32.1. The summed E-state index contributed by atoms with van der Waals surface area (Å²) in [5.74, 6) is 1.21. The predicted molar refractivity (Wildman–Crippen MR) is 206 cm³/mol. The van der Waals surface area contributed by atoms with Gasteiger partial charge in [0.1, 0.15) is 11.6 Å². The van der Waals surface area contributed by atoms with Crippen LogP contribution in [-0.4, -0.2) is 67.0 Å². The Balaban J connectivity index is 0.000000202. The zero-order chi connectivity index (χ0) is 37.5. The molecular weight excluding hydrogens is 714 g/mol. The Morgan fingerprint density at radius 1 is 1.00 bits per heavy atom. The van der Waals surface area contributed by atoms with E-state index in [1.54, 1.807) is 43.6 Å². The molecule has 54 heavy (non-hydrogen) atoms. The van der Waals surface area contributed by atoms with Crippen molar-refractivity contribution >= 4 is 51.8 Å². The zero-order valence-corrected chi connectivity index (χ0v) is 30.3. The molecule has 2 fully saturated rings. The van der Waals surface area contributed by atoms with Crippen LogP contribution in [0.3, 0.4) is 0 Å². The molecule has 0 saturated carbocycles. The molecule has 1 amide bonds. The lowest BCUT2D eigenvalue weighted by Gasteiger charge is -2.52. The van der Waals surface area contributed by atoms with Gasteiger partial charge >= 0.3 is 6.18 Å².